The number of nitrogens with two attached hydrogens (primary N) is 1. The van der Waals surface area contributed by atoms with E-state index in [2.05, 4.69) is 30.8 Å². The average Bonchev–Trinajstić information content (AvgIpc) is 3.49. The van der Waals surface area contributed by atoms with Crippen LogP contribution in [0.2, 0.25) is 5.15 Å². The first kappa shape index (κ1) is 25.2. The predicted octanol–water partition coefficient (Wildman–Crippen LogP) is 0.698. The van der Waals surface area contributed by atoms with E-state index in [9.17, 15) is 19.5 Å². The van der Waals surface area contributed by atoms with Gasteiger partial charge in [-0.05, 0) is 17.7 Å². The molecule has 0 unspecified atom stereocenters. The van der Waals surface area contributed by atoms with Crippen LogP contribution in [-0.4, -0.2) is 88.3 Å². The van der Waals surface area contributed by atoms with Crippen LogP contribution in [0.4, 0.5) is 5.13 Å². The number of carboxylic acid groups (broad SMARTS) is 1. The van der Waals surface area contributed by atoms with Gasteiger partial charge in [0.15, 0.2) is 16.5 Å². The van der Waals surface area contributed by atoms with Gasteiger partial charge in [-0.2, -0.15) is 9.61 Å². The molecule has 192 valence electrons. The number of oxime groups is 1. The number of thiazole rings is 1. The number of amides is 2. The fraction of sp³-hybridized carbons (Fsp3) is 0.263. The van der Waals surface area contributed by atoms with Crippen molar-refractivity contribution in [2.45, 2.75) is 16.6 Å². The first-order valence-electron chi connectivity index (χ1n) is 10.3. The predicted molar refractivity (Wildman–Crippen MR) is 136 cm³/mol. The van der Waals surface area contributed by atoms with E-state index in [1.165, 1.54) is 45.4 Å². The van der Waals surface area contributed by atoms with Crippen molar-refractivity contribution in [3.63, 3.8) is 0 Å². The number of β-lactam (4-membered cyclic amide) rings is 1. The van der Waals surface area contributed by atoms with E-state index in [1.54, 1.807) is 12.1 Å². The van der Waals surface area contributed by atoms with Crippen molar-refractivity contribution in [3.05, 3.63) is 39.6 Å². The minimum Gasteiger partial charge on any atom is -0.477 e. The fourth-order valence-electron chi connectivity index (χ4n) is 3.68. The molecule has 2 aliphatic heterocycles. The monoisotopic (exact) mass is 581 g/mol. The Hall–Kier alpha value is -3.41. The van der Waals surface area contributed by atoms with Gasteiger partial charge in [0, 0.05) is 16.9 Å². The molecule has 0 spiro atoms. The van der Waals surface area contributed by atoms with Crippen LogP contribution in [0, 0.1) is 0 Å². The number of rotatable bonds is 8. The second-order valence-corrected chi connectivity index (χ2v) is 10.8. The number of fused-ring (bicyclic) bond motifs is 2. The van der Waals surface area contributed by atoms with E-state index >= 15 is 0 Å². The van der Waals surface area contributed by atoms with Crippen LogP contribution in [0.25, 0.3) is 5.65 Å². The summed E-state index contributed by atoms with van der Waals surface area (Å²) in [6.45, 7) is 0. The van der Waals surface area contributed by atoms with Crippen molar-refractivity contribution >= 4 is 80.7 Å². The van der Waals surface area contributed by atoms with E-state index in [4.69, 9.17) is 22.2 Å². The quantitative estimate of drug-likeness (QED) is 0.146. The molecule has 37 heavy (non-hydrogen) atoms. The number of aromatic nitrogens is 5. The molecule has 1 fully saturated rings. The molecule has 14 nitrogen and oxygen atoms in total. The maximum absolute atomic E-state index is 13.0. The van der Waals surface area contributed by atoms with E-state index in [0.717, 1.165) is 11.3 Å². The number of thioether (sulfide) groups is 2. The zero-order valence-corrected chi connectivity index (χ0v) is 21.9. The largest absolute Gasteiger partial charge is 0.477 e. The Bertz CT molecular complexity index is 1490. The Morgan fingerprint density at radius 3 is 2.92 bits per heavy atom. The van der Waals surface area contributed by atoms with Gasteiger partial charge in [-0.1, -0.05) is 28.5 Å². The summed E-state index contributed by atoms with van der Waals surface area (Å²) in [6, 6.07) is 2.30. The van der Waals surface area contributed by atoms with Gasteiger partial charge in [0.2, 0.25) is 5.16 Å². The highest BCUT2D eigenvalue weighted by Gasteiger charge is 2.54. The van der Waals surface area contributed by atoms with Gasteiger partial charge in [0.1, 0.15) is 35.1 Å². The first-order chi connectivity index (χ1) is 17.8. The number of carbonyl (C=O) groups excluding carboxylic acids is 2. The van der Waals surface area contributed by atoms with Gasteiger partial charge < -0.3 is 21.0 Å². The third-order valence-electron chi connectivity index (χ3n) is 5.28. The molecule has 2 atom stereocenters. The van der Waals surface area contributed by atoms with Crippen molar-refractivity contribution < 1.29 is 24.3 Å². The molecule has 0 saturated carbocycles. The van der Waals surface area contributed by atoms with Crippen molar-refractivity contribution in [2.75, 3.05) is 24.3 Å². The Morgan fingerprint density at radius 1 is 1.41 bits per heavy atom. The van der Waals surface area contributed by atoms with E-state index in [-0.39, 0.29) is 33.1 Å². The van der Waals surface area contributed by atoms with Crippen LogP contribution < -0.4 is 11.1 Å². The number of nitrogens with one attached hydrogen (secondary N) is 1. The molecule has 3 aromatic heterocycles. The van der Waals surface area contributed by atoms with Crippen LogP contribution in [0.5, 0.6) is 0 Å². The van der Waals surface area contributed by atoms with Crippen LogP contribution in [0.1, 0.15) is 5.69 Å². The lowest BCUT2D eigenvalue weighted by atomic mass is 10.0. The molecule has 5 rings (SSSR count). The molecule has 2 aliphatic rings. The molecule has 5 heterocycles. The topological polar surface area (TPSA) is 190 Å². The smallest absolute Gasteiger partial charge is 0.352 e. The summed E-state index contributed by atoms with van der Waals surface area (Å²) in [5.41, 5.74) is 6.58. The first-order valence-corrected chi connectivity index (χ1v) is 13.6. The number of carboxylic acids is 1. The summed E-state index contributed by atoms with van der Waals surface area (Å²) in [5.74, 6) is -1.94. The molecule has 0 aliphatic carbocycles. The standard InChI is InChI=1S/C19H16ClN9O5S3/c1-34-27-11(8-6-36-18(21)22-8)14(30)23-12-15(31)28-13(17(32)33)7(4-35-16(12)28)5-37-19-25-24-10-3-2-9(20)26-29(10)19/h2-3,6,12,16H,4-5H2,1H3,(H2,21,22)(H,23,30)(H,32,33)/b27-11-/t12-,16-/m1/s1. The zero-order chi connectivity index (χ0) is 26.3. The summed E-state index contributed by atoms with van der Waals surface area (Å²) in [5, 5.41) is 30.3. The number of anilines is 1. The molecule has 2 amide bonds. The summed E-state index contributed by atoms with van der Waals surface area (Å²) >= 11 is 9.64. The van der Waals surface area contributed by atoms with Crippen LogP contribution in [-0.2, 0) is 19.2 Å². The van der Waals surface area contributed by atoms with E-state index in [0.29, 0.717) is 22.1 Å². The van der Waals surface area contributed by atoms with Crippen LogP contribution >= 0.6 is 46.5 Å². The lowest BCUT2D eigenvalue weighted by Crippen LogP contribution is -2.71. The lowest BCUT2D eigenvalue weighted by molar-refractivity contribution is -0.150. The Kier molecular flexibility index (Phi) is 6.93. The highest BCUT2D eigenvalue weighted by molar-refractivity contribution is 8.01. The normalized spacial score (nSPS) is 19.6. The van der Waals surface area contributed by atoms with Crippen LogP contribution in [0.3, 0.4) is 0 Å². The van der Waals surface area contributed by atoms with E-state index in [1.807, 2.05) is 0 Å². The number of nitrogens with zero attached hydrogens (tertiary/aromatic N) is 7. The Labute approximate surface area is 225 Å². The Balaban J connectivity index is 1.32. The van der Waals surface area contributed by atoms with Crippen molar-refractivity contribution in [2.24, 2.45) is 5.16 Å². The summed E-state index contributed by atoms with van der Waals surface area (Å²) in [7, 11) is 1.27. The van der Waals surface area contributed by atoms with Gasteiger partial charge in [-0.3, -0.25) is 14.5 Å². The number of hydrogen-bond acceptors (Lipinski definition) is 13. The van der Waals surface area contributed by atoms with Crippen molar-refractivity contribution in [1.82, 2.24) is 35.0 Å². The molecule has 0 aromatic carbocycles. The van der Waals surface area contributed by atoms with Crippen molar-refractivity contribution in [3.8, 4) is 0 Å². The number of nitrogen functional groups attached to an aromatic ring is 1. The number of aliphatic carboxylic acids is 1. The maximum atomic E-state index is 13.0. The molecule has 1 saturated heterocycles. The van der Waals surface area contributed by atoms with E-state index < -0.39 is 29.2 Å². The van der Waals surface area contributed by atoms with Gasteiger partial charge in [-0.25, -0.2) is 9.78 Å². The number of hydrogen-bond donors (Lipinski definition) is 3. The van der Waals surface area contributed by atoms with Gasteiger partial charge in [-0.15, -0.1) is 33.3 Å². The molecule has 0 radical (unpaired) electrons. The second kappa shape index (κ2) is 10.2. The zero-order valence-electron chi connectivity index (χ0n) is 18.7. The number of halogens is 1. The number of carbonyl (C=O) groups is 3. The lowest BCUT2D eigenvalue weighted by Gasteiger charge is -2.49. The summed E-state index contributed by atoms with van der Waals surface area (Å²) < 4.78 is 1.46. The second-order valence-electron chi connectivity index (χ2n) is 7.51. The molecule has 0 bridgehead atoms. The molecule has 18 heteroatoms. The molecular weight excluding hydrogens is 566 g/mol. The third kappa shape index (κ3) is 4.70. The fourth-order valence-corrected chi connectivity index (χ4v) is 6.74. The van der Waals surface area contributed by atoms with Crippen molar-refractivity contribution in [1.29, 1.82) is 0 Å². The van der Waals surface area contributed by atoms with Gasteiger partial charge >= 0.3 is 5.97 Å². The minimum atomic E-state index is -1.24. The average molecular weight is 582 g/mol. The van der Waals surface area contributed by atoms with Crippen LogP contribution in [0.15, 0.2) is 39.1 Å². The molecule has 3 aromatic rings. The highest BCUT2D eigenvalue weighted by atomic mass is 35.5. The summed E-state index contributed by atoms with van der Waals surface area (Å²) in [6.07, 6.45) is 0. The maximum Gasteiger partial charge on any atom is 0.352 e. The highest BCUT2D eigenvalue weighted by Crippen LogP contribution is 2.41. The minimum absolute atomic E-state index is 0.121. The molecular formula is C19H16ClN9O5S3. The summed E-state index contributed by atoms with van der Waals surface area (Å²) in [4.78, 5) is 48.0. The van der Waals surface area contributed by atoms with Gasteiger partial charge in [0.05, 0.1) is 0 Å². The van der Waals surface area contributed by atoms with Gasteiger partial charge in [0.25, 0.3) is 11.8 Å². The third-order valence-corrected chi connectivity index (χ3v) is 8.50. The SMILES string of the molecule is CO/N=C(\C(=O)N[C@@H]1C(=O)N2C(C(=O)O)=C(CSc3nnc4ccc(Cl)nn34)CS[C@H]12)c1csc(N)n1. The molecule has 4 N–H and O–H groups in total. The Morgan fingerprint density at radius 2 is 2.22 bits per heavy atom.